The summed E-state index contributed by atoms with van der Waals surface area (Å²) in [6.07, 6.45) is 4.64. The van der Waals surface area contributed by atoms with Crippen LogP contribution in [0.1, 0.15) is 43.6 Å². The maximum absolute atomic E-state index is 12.3. The van der Waals surface area contributed by atoms with Gasteiger partial charge in [0.25, 0.3) is 0 Å². The number of hydrogen-bond donors (Lipinski definition) is 1. The summed E-state index contributed by atoms with van der Waals surface area (Å²) in [6.45, 7) is 1.24. The molecule has 1 aliphatic carbocycles. The van der Waals surface area contributed by atoms with Crippen molar-refractivity contribution in [1.29, 1.82) is 0 Å². The number of benzene rings is 2. The van der Waals surface area contributed by atoms with Crippen LogP contribution in [-0.2, 0) is 4.79 Å². The summed E-state index contributed by atoms with van der Waals surface area (Å²) in [4.78, 5) is 14.2. The molecule has 1 saturated heterocycles. The number of carbonyl (C=O) groups is 1. The van der Waals surface area contributed by atoms with Crippen LogP contribution in [0.5, 0.6) is 0 Å². The molecular formula is C21H25NO2. The smallest absolute Gasteiger partial charge is 0.222 e. The first-order valence-electron chi connectivity index (χ1n) is 9.15. The van der Waals surface area contributed by atoms with Crippen molar-refractivity contribution >= 4 is 16.7 Å². The summed E-state index contributed by atoms with van der Waals surface area (Å²) in [5.41, 5.74) is 1.19. The summed E-state index contributed by atoms with van der Waals surface area (Å²) in [5, 5.41) is 13.0. The fourth-order valence-corrected chi connectivity index (χ4v) is 3.88. The van der Waals surface area contributed by atoms with Gasteiger partial charge in [0.05, 0.1) is 6.10 Å². The van der Waals surface area contributed by atoms with Gasteiger partial charge in [-0.2, -0.15) is 0 Å². The Morgan fingerprint density at radius 3 is 2.62 bits per heavy atom. The van der Waals surface area contributed by atoms with E-state index in [1.54, 1.807) is 0 Å². The van der Waals surface area contributed by atoms with Crippen LogP contribution in [0.3, 0.4) is 0 Å². The number of piperidine rings is 1. The van der Waals surface area contributed by atoms with E-state index >= 15 is 0 Å². The maximum Gasteiger partial charge on any atom is 0.222 e. The first kappa shape index (κ1) is 15.6. The van der Waals surface area contributed by atoms with Gasteiger partial charge in [0.15, 0.2) is 0 Å². The summed E-state index contributed by atoms with van der Waals surface area (Å²) in [5.74, 6) is 1.13. The van der Waals surface area contributed by atoms with E-state index in [-0.39, 0.29) is 11.8 Å². The molecule has 2 atom stereocenters. The summed E-state index contributed by atoms with van der Waals surface area (Å²) in [7, 11) is 0. The van der Waals surface area contributed by atoms with E-state index < -0.39 is 6.10 Å². The van der Waals surface area contributed by atoms with Gasteiger partial charge in [0.1, 0.15) is 0 Å². The Bertz CT molecular complexity index is 737. The Kier molecular flexibility index (Phi) is 4.28. The average Bonchev–Trinajstić information content (AvgIpc) is 3.43. The lowest BCUT2D eigenvalue weighted by molar-refractivity contribution is -0.134. The van der Waals surface area contributed by atoms with Crippen molar-refractivity contribution < 1.29 is 9.90 Å². The van der Waals surface area contributed by atoms with E-state index in [2.05, 4.69) is 30.3 Å². The van der Waals surface area contributed by atoms with Gasteiger partial charge >= 0.3 is 0 Å². The summed E-state index contributed by atoms with van der Waals surface area (Å²) < 4.78 is 0. The molecule has 1 saturated carbocycles. The number of fused-ring (bicyclic) bond motifs is 1. The first-order valence-corrected chi connectivity index (χ1v) is 9.15. The van der Waals surface area contributed by atoms with Gasteiger partial charge in [-0.05, 0) is 35.1 Å². The van der Waals surface area contributed by atoms with Gasteiger partial charge in [0, 0.05) is 25.4 Å². The van der Waals surface area contributed by atoms with Crippen LogP contribution in [0.4, 0.5) is 0 Å². The minimum Gasteiger partial charge on any atom is -0.391 e. The molecule has 2 aliphatic rings. The fraction of sp³-hybridized carbons (Fsp3) is 0.476. The molecule has 4 rings (SSSR count). The minimum absolute atomic E-state index is 0.127. The van der Waals surface area contributed by atoms with Gasteiger partial charge in [-0.3, -0.25) is 4.79 Å². The van der Waals surface area contributed by atoms with Crippen molar-refractivity contribution in [3.05, 3.63) is 48.0 Å². The zero-order valence-electron chi connectivity index (χ0n) is 14.0. The van der Waals surface area contributed by atoms with E-state index in [1.165, 1.54) is 29.2 Å². The van der Waals surface area contributed by atoms with Crippen molar-refractivity contribution in [2.45, 2.75) is 44.1 Å². The second-order valence-electron chi connectivity index (χ2n) is 7.39. The third-order valence-corrected chi connectivity index (χ3v) is 5.60. The monoisotopic (exact) mass is 323 g/mol. The zero-order valence-corrected chi connectivity index (χ0v) is 14.0. The SMILES string of the molecule is O=C(CCC1CC1)N1CC[C@@H](c2ccc3ccccc3c2)[C@H](O)C1. The molecule has 0 aromatic heterocycles. The number of amides is 1. The molecule has 1 heterocycles. The zero-order chi connectivity index (χ0) is 16.5. The Hall–Kier alpha value is -1.87. The standard InChI is InChI=1S/C21H25NO2/c23-20-14-22(21(24)10-7-15-5-6-15)12-11-19(20)18-9-8-16-3-1-2-4-17(16)13-18/h1-4,8-9,13,15,19-20,23H,5-7,10-12,14H2/t19-,20+/m0/s1. The van der Waals surface area contributed by atoms with Crippen molar-refractivity contribution in [3.8, 4) is 0 Å². The van der Waals surface area contributed by atoms with E-state index in [1.807, 2.05) is 17.0 Å². The van der Waals surface area contributed by atoms with Crippen molar-refractivity contribution in [2.75, 3.05) is 13.1 Å². The lowest BCUT2D eigenvalue weighted by atomic mass is 9.86. The molecule has 0 bridgehead atoms. The third-order valence-electron chi connectivity index (χ3n) is 5.60. The van der Waals surface area contributed by atoms with Crippen molar-refractivity contribution in [2.24, 2.45) is 5.92 Å². The number of likely N-dealkylation sites (tertiary alicyclic amines) is 1. The highest BCUT2D eigenvalue weighted by molar-refractivity contribution is 5.83. The van der Waals surface area contributed by atoms with E-state index in [0.29, 0.717) is 13.0 Å². The number of rotatable bonds is 4. The summed E-state index contributed by atoms with van der Waals surface area (Å²) in [6, 6.07) is 14.8. The average molecular weight is 323 g/mol. The van der Waals surface area contributed by atoms with Gasteiger partial charge in [-0.25, -0.2) is 0 Å². The van der Waals surface area contributed by atoms with Crippen LogP contribution in [0.2, 0.25) is 0 Å². The molecule has 0 spiro atoms. The number of carbonyl (C=O) groups excluding carboxylic acids is 1. The molecule has 2 fully saturated rings. The molecule has 0 unspecified atom stereocenters. The molecule has 3 heteroatoms. The molecule has 2 aromatic carbocycles. The molecule has 0 radical (unpaired) electrons. The van der Waals surface area contributed by atoms with E-state index in [4.69, 9.17) is 0 Å². The molecule has 2 aromatic rings. The molecule has 1 amide bonds. The molecule has 24 heavy (non-hydrogen) atoms. The fourth-order valence-electron chi connectivity index (χ4n) is 3.88. The molecule has 3 nitrogen and oxygen atoms in total. The minimum atomic E-state index is -0.468. The van der Waals surface area contributed by atoms with E-state index in [0.717, 1.165) is 25.3 Å². The van der Waals surface area contributed by atoms with Crippen LogP contribution in [0.15, 0.2) is 42.5 Å². The van der Waals surface area contributed by atoms with Crippen molar-refractivity contribution in [1.82, 2.24) is 4.90 Å². The Labute approximate surface area is 143 Å². The maximum atomic E-state index is 12.3. The van der Waals surface area contributed by atoms with Gasteiger partial charge < -0.3 is 10.0 Å². The largest absolute Gasteiger partial charge is 0.391 e. The molecule has 1 aliphatic heterocycles. The highest BCUT2D eigenvalue weighted by Gasteiger charge is 2.31. The second kappa shape index (κ2) is 6.56. The summed E-state index contributed by atoms with van der Waals surface area (Å²) >= 11 is 0. The normalized spacial score (nSPS) is 24.3. The quantitative estimate of drug-likeness (QED) is 0.932. The van der Waals surface area contributed by atoms with Crippen LogP contribution < -0.4 is 0 Å². The van der Waals surface area contributed by atoms with E-state index in [9.17, 15) is 9.90 Å². The predicted octanol–water partition coefficient (Wildman–Crippen LogP) is 3.71. The topological polar surface area (TPSA) is 40.5 Å². The molecule has 126 valence electrons. The Morgan fingerprint density at radius 1 is 1.08 bits per heavy atom. The van der Waals surface area contributed by atoms with Gasteiger partial charge in [-0.1, -0.05) is 55.3 Å². The highest BCUT2D eigenvalue weighted by atomic mass is 16.3. The van der Waals surface area contributed by atoms with Gasteiger partial charge in [-0.15, -0.1) is 0 Å². The van der Waals surface area contributed by atoms with Gasteiger partial charge in [0.2, 0.25) is 5.91 Å². The molecular weight excluding hydrogens is 298 g/mol. The second-order valence-corrected chi connectivity index (χ2v) is 7.39. The molecule has 1 N–H and O–H groups in total. The Balaban J connectivity index is 1.42. The predicted molar refractivity (Wildman–Crippen MR) is 95.9 cm³/mol. The first-order chi connectivity index (χ1) is 11.7. The Morgan fingerprint density at radius 2 is 1.88 bits per heavy atom. The number of aliphatic hydroxyl groups is 1. The van der Waals surface area contributed by atoms with Crippen molar-refractivity contribution in [3.63, 3.8) is 0 Å². The third kappa shape index (κ3) is 3.32. The van der Waals surface area contributed by atoms with Crippen LogP contribution in [0, 0.1) is 5.92 Å². The van der Waals surface area contributed by atoms with Crippen LogP contribution in [0.25, 0.3) is 10.8 Å². The number of hydrogen-bond acceptors (Lipinski definition) is 2. The number of aliphatic hydroxyl groups excluding tert-OH is 1. The number of nitrogens with zero attached hydrogens (tertiary/aromatic N) is 1. The number of β-amino-alcohol motifs (C(OH)–C–C–N with tert-alkyl or cyclic N) is 1. The lowest BCUT2D eigenvalue weighted by Crippen LogP contribution is -2.45. The lowest BCUT2D eigenvalue weighted by Gasteiger charge is -2.36. The van der Waals surface area contributed by atoms with Crippen LogP contribution >= 0.6 is 0 Å². The highest BCUT2D eigenvalue weighted by Crippen LogP contribution is 2.34. The van der Waals surface area contributed by atoms with Crippen LogP contribution in [-0.4, -0.2) is 35.1 Å².